The molecule has 0 aliphatic carbocycles. The van der Waals surface area contributed by atoms with Crippen molar-refractivity contribution in [3.05, 3.63) is 59.7 Å². The Morgan fingerprint density at radius 2 is 1.00 bits per heavy atom. The molecule has 1 aliphatic heterocycles. The van der Waals surface area contributed by atoms with Gasteiger partial charge in [0.05, 0.1) is 26.4 Å². The summed E-state index contributed by atoms with van der Waals surface area (Å²) in [6.07, 6.45) is 0.228. The minimum Gasteiger partial charge on any atom is -0.497 e. The molecule has 2 aromatic rings. The average molecular weight is 312 g/mol. The molecule has 1 saturated heterocycles. The summed E-state index contributed by atoms with van der Waals surface area (Å²) in [4.78, 5) is 0. The molecule has 2 aromatic carbocycles. The number of methoxy groups -OCH3 is 2. The zero-order valence-corrected chi connectivity index (χ0v) is 14.2. The van der Waals surface area contributed by atoms with Crippen LogP contribution in [0.3, 0.4) is 0 Å². The Hall–Kier alpha value is -2.00. The van der Waals surface area contributed by atoms with Crippen molar-refractivity contribution >= 4 is 0 Å². The SMILES string of the molecule is COc1ccc([C@H]2O[C@@H](c3ccc(OC)cc3)[C@@H](C)[C@@H]2C)cc1. The first-order chi connectivity index (χ1) is 11.1. The minimum atomic E-state index is 0.114. The summed E-state index contributed by atoms with van der Waals surface area (Å²) in [5, 5.41) is 0. The maximum absolute atomic E-state index is 6.42. The Morgan fingerprint density at radius 1 is 0.652 bits per heavy atom. The predicted octanol–water partition coefficient (Wildman–Crippen LogP) is 4.79. The van der Waals surface area contributed by atoms with Crippen LogP contribution in [0.15, 0.2) is 48.5 Å². The van der Waals surface area contributed by atoms with E-state index in [-0.39, 0.29) is 12.2 Å². The van der Waals surface area contributed by atoms with Crippen molar-refractivity contribution in [2.24, 2.45) is 11.8 Å². The molecule has 1 fully saturated rings. The fourth-order valence-corrected chi connectivity index (χ4v) is 3.31. The van der Waals surface area contributed by atoms with Gasteiger partial charge in [-0.15, -0.1) is 0 Å². The molecule has 0 saturated carbocycles. The summed E-state index contributed by atoms with van der Waals surface area (Å²) in [6.45, 7) is 4.53. The van der Waals surface area contributed by atoms with Gasteiger partial charge in [-0.3, -0.25) is 0 Å². The standard InChI is InChI=1S/C20H24O3/c1-13-14(2)20(16-7-11-18(22-4)12-8-16)23-19(13)15-5-9-17(21-3)10-6-15/h5-14,19-20H,1-4H3/t13-,14-,19-,20+/m0/s1. The molecule has 3 rings (SSSR count). The van der Waals surface area contributed by atoms with Gasteiger partial charge in [-0.1, -0.05) is 38.1 Å². The number of hydrogen-bond acceptors (Lipinski definition) is 3. The smallest absolute Gasteiger partial charge is 0.118 e. The maximum atomic E-state index is 6.42. The molecule has 122 valence electrons. The summed E-state index contributed by atoms with van der Waals surface area (Å²) in [7, 11) is 3.37. The molecule has 3 heteroatoms. The molecule has 0 N–H and O–H groups in total. The van der Waals surface area contributed by atoms with Crippen molar-refractivity contribution in [2.75, 3.05) is 14.2 Å². The highest BCUT2D eigenvalue weighted by atomic mass is 16.5. The Morgan fingerprint density at radius 3 is 1.30 bits per heavy atom. The van der Waals surface area contributed by atoms with E-state index in [4.69, 9.17) is 14.2 Å². The molecule has 0 amide bonds. The number of hydrogen-bond donors (Lipinski definition) is 0. The summed E-state index contributed by atoms with van der Waals surface area (Å²) in [6, 6.07) is 16.4. The number of benzene rings is 2. The Balaban J connectivity index is 1.81. The second-order valence-electron chi connectivity index (χ2n) is 6.24. The van der Waals surface area contributed by atoms with Gasteiger partial charge in [0.25, 0.3) is 0 Å². The average Bonchev–Trinajstić information content (AvgIpc) is 2.91. The summed E-state index contributed by atoms with van der Waals surface area (Å²) < 4.78 is 16.9. The largest absolute Gasteiger partial charge is 0.497 e. The van der Waals surface area contributed by atoms with Crippen molar-refractivity contribution in [1.82, 2.24) is 0 Å². The maximum Gasteiger partial charge on any atom is 0.118 e. The number of rotatable bonds is 4. The van der Waals surface area contributed by atoms with Gasteiger partial charge < -0.3 is 14.2 Å². The minimum absolute atomic E-state index is 0.114. The molecule has 0 bridgehead atoms. The lowest BCUT2D eigenvalue weighted by Crippen LogP contribution is -2.09. The van der Waals surface area contributed by atoms with Gasteiger partial charge in [-0.2, -0.15) is 0 Å². The second kappa shape index (κ2) is 6.63. The van der Waals surface area contributed by atoms with Crippen molar-refractivity contribution in [1.29, 1.82) is 0 Å². The normalized spacial score (nSPS) is 27.0. The van der Waals surface area contributed by atoms with Gasteiger partial charge in [0.1, 0.15) is 11.5 Å². The van der Waals surface area contributed by atoms with Crippen LogP contribution in [0.1, 0.15) is 37.2 Å². The lowest BCUT2D eigenvalue weighted by molar-refractivity contribution is 0.0290. The molecule has 4 atom stereocenters. The lowest BCUT2D eigenvalue weighted by atomic mass is 9.85. The van der Waals surface area contributed by atoms with Crippen LogP contribution in [-0.4, -0.2) is 14.2 Å². The van der Waals surface area contributed by atoms with Crippen LogP contribution in [0, 0.1) is 11.8 Å². The predicted molar refractivity (Wildman–Crippen MR) is 90.9 cm³/mol. The third-order valence-electron chi connectivity index (χ3n) is 4.97. The van der Waals surface area contributed by atoms with Crippen LogP contribution in [0.5, 0.6) is 11.5 Å². The highest BCUT2D eigenvalue weighted by molar-refractivity contribution is 5.32. The highest BCUT2D eigenvalue weighted by Gasteiger charge is 2.40. The summed E-state index contributed by atoms with van der Waals surface area (Å²) >= 11 is 0. The monoisotopic (exact) mass is 312 g/mol. The van der Waals surface area contributed by atoms with E-state index in [2.05, 4.69) is 38.1 Å². The van der Waals surface area contributed by atoms with Crippen molar-refractivity contribution < 1.29 is 14.2 Å². The zero-order chi connectivity index (χ0) is 16.4. The molecule has 0 aromatic heterocycles. The molecule has 1 heterocycles. The van der Waals surface area contributed by atoms with E-state index in [9.17, 15) is 0 Å². The lowest BCUT2D eigenvalue weighted by Gasteiger charge is -2.16. The molecule has 23 heavy (non-hydrogen) atoms. The zero-order valence-electron chi connectivity index (χ0n) is 14.2. The molecule has 1 aliphatic rings. The molecule has 0 spiro atoms. The van der Waals surface area contributed by atoms with E-state index in [1.54, 1.807) is 14.2 Å². The molecule has 3 nitrogen and oxygen atoms in total. The first-order valence-corrected chi connectivity index (χ1v) is 8.07. The number of ether oxygens (including phenoxy) is 3. The molecule has 0 unspecified atom stereocenters. The summed E-state index contributed by atoms with van der Waals surface area (Å²) in [5.74, 6) is 2.66. The van der Waals surface area contributed by atoms with Crippen LogP contribution in [0.2, 0.25) is 0 Å². The Labute approximate surface area is 138 Å². The van der Waals surface area contributed by atoms with E-state index in [1.807, 2.05) is 24.3 Å². The van der Waals surface area contributed by atoms with Crippen molar-refractivity contribution in [3.63, 3.8) is 0 Å². The highest BCUT2D eigenvalue weighted by Crippen LogP contribution is 2.49. The Kier molecular flexibility index (Phi) is 4.58. The van der Waals surface area contributed by atoms with E-state index < -0.39 is 0 Å². The topological polar surface area (TPSA) is 27.7 Å². The van der Waals surface area contributed by atoms with Gasteiger partial charge in [0.15, 0.2) is 0 Å². The van der Waals surface area contributed by atoms with Crippen LogP contribution in [0.25, 0.3) is 0 Å². The van der Waals surface area contributed by atoms with E-state index in [0.29, 0.717) is 11.8 Å². The van der Waals surface area contributed by atoms with E-state index in [0.717, 1.165) is 11.5 Å². The first kappa shape index (κ1) is 15.9. The summed E-state index contributed by atoms with van der Waals surface area (Å²) in [5.41, 5.74) is 2.42. The first-order valence-electron chi connectivity index (χ1n) is 8.07. The van der Waals surface area contributed by atoms with Crippen molar-refractivity contribution in [2.45, 2.75) is 26.1 Å². The second-order valence-corrected chi connectivity index (χ2v) is 6.24. The quantitative estimate of drug-likeness (QED) is 0.812. The van der Waals surface area contributed by atoms with Crippen LogP contribution in [-0.2, 0) is 4.74 Å². The van der Waals surface area contributed by atoms with Gasteiger partial charge in [0, 0.05) is 0 Å². The fraction of sp³-hybridized carbons (Fsp3) is 0.400. The van der Waals surface area contributed by atoms with Crippen LogP contribution in [0.4, 0.5) is 0 Å². The third-order valence-corrected chi connectivity index (χ3v) is 4.97. The molecular formula is C20H24O3. The fourth-order valence-electron chi connectivity index (χ4n) is 3.31. The van der Waals surface area contributed by atoms with Crippen LogP contribution >= 0.6 is 0 Å². The van der Waals surface area contributed by atoms with Gasteiger partial charge in [-0.05, 0) is 47.2 Å². The van der Waals surface area contributed by atoms with Gasteiger partial charge >= 0.3 is 0 Å². The Bertz CT molecular complexity index is 575. The molecule has 0 radical (unpaired) electrons. The molecular weight excluding hydrogens is 288 g/mol. The van der Waals surface area contributed by atoms with E-state index in [1.165, 1.54) is 11.1 Å². The van der Waals surface area contributed by atoms with Crippen LogP contribution < -0.4 is 9.47 Å². The van der Waals surface area contributed by atoms with Gasteiger partial charge in [0.2, 0.25) is 0 Å². The third kappa shape index (κ3) is 3.06. The van der Waals surface area contributed by atoms with Gasteiger partial charge in [-0.25, -0.2) is 0 Å². The van der Waals surface area contributed by atoms with Crippen molar-refractivity contribution in [3.8, 4) is 11.5 Å². The van der Waals surface area contributed by atoms with E-state index >= 15 is 0 Å².